The lowest BCUT2D eigenvalue weighted by atomic mass is 9.92. The van der Waals surface area contributed by atoms with Gasteiger partial charge in [0.05, 0.1) is 13.2 Å². The van der Waals surface area contributed by atoms with Gasteiger partial charge in [-0.25, -0.2) is 0 Å². The standard InChI is InChI=1S/C15H23NO2/c1-11(14-5-3-4-6-15(14)18-2)16-12-7-9-13(17)10-8-12/h3-6,11-13,16-17H,7-10H2,1-2H3/t11-,12?,13?/m0/s1. The second kappa shape index (κ2) is 6.21. The molecule has 2 rings (SSSR count). The molecule has 18 heavy (non-hydrogen) atoms. The van der Waals surface area contributed by atoms with E-state index in [2.05, 4.69) is 18.3 Å². The number of aliphatic hydroxyl groups is 1. The topological polar surface area (TPSA) is 41.5 Å². The molecule has 0 radical (unpaired) electrons. The minimum absolute atomic E-state index is 0.0929. The second-order valence-electron chi connectivity index (χ2n) is 5.14. The van der Waals surface area contributed by atoms with Crippen molar-refractivity contribution in [2.75, 3.05) is 7.11 Å². The predicted molar refractivity (Wildman–Crippen MR) is 72.8 cm³/mol. The van der Waals surface area contributed by atoms with Gasteiger partial charge >= 0.3 is 0 Å². The average molecular weight is 249 g/mol. The lowest BCUT2D eigenvalue weighted by Gasteiger charge is -2.29. The molecule has 100 valence electrons. The summed E-state index contributed by atoms with van der Waals surface area (Å²) in [7, 11) is 1.71. The average Bonchev–Trinajstić information content (AvgIpc) is 2.41. The molecule has 0 aliphatic heterocycles. The Bertz CT molecular complexity index is 373. The van der Waals surface area contributed by atoms with E-state index in [1.807, 2.05) is 18.2 Å². The van der Waals surface area contributed by atoms with Crippen LogP contribution in [0.4, 0.5) is 0 Å². The summed E-state index contributed by atoms with van der Waals surface area (Å²) >= 11 is 0. The summed E-state index contributed by atoms with van der Waals surface area (Å²) in [6.07, 6.45) is 3.85. The number of hydrogen-bond donors (Lipinski definition) is 2. The van der Waals surface area contributed by atoms with Crippen LogP contribution >= 0.6 is 0 Å². The maximum Gasteiger partial charge on any atom is 0.123 e. The highest BCUT2D eigenvalue weighted by Crippen LogP contribution is 2.27. The summed E-state index contributed by atoms with van der Waals surface area (Å²) in [5, 5.41) is 13.2. The van der Waals surface area contributed by atoms with Crippen molar-refractivity contribution >= 4 is 0 Å². The van der Waals surface area contributed by atoms with E-state index < -0.39 is 0 Å². The maximum atomic E-state index is 9.51. The largest absolute Gasteiger partial charge is 0.496 e. The van der Waals surface area contributed by atoms with Crippen molar-refractivity contribution in [2.24, 2.45) is 0 Å². The van der Waals surface area contributed by atoms with Crippen LogP contribution in [-0.4, -0.2) is 24.4 Å². The molecule has 1 saturated carbocycles. The van der Waals surface area contributed by atoms with Gasteiger partial charge in [0.15, 0.2) is 0 Å². The third-order valence-corrected chi connectivity index (χ3v) is 3.79. The van der Waals surface area contributed by atoms with Gasteiger partial charge in [-0.2, -0.15) is 0 Å². The van der Waals surface area contributed by atoms with Crippen LogP contribution in [-0.2, 0) is 0 Å². The van der Waals surface area contributed by atoms with E-state index in [9.17, 15) is 5.11 Å². The normalized spacial score (nSPS) is 25.7. The van der Waals surface area contributed by atoms with Crippen LogP contribution in [0.1, 0.15) is 44.2 Å². The van der Waals surface area contributed by atoms with E-state index in [1.165, 1.54) is 5.56 Å². The van der Waals surface area contributed by atoms with Gasteiger partial charge in [0.25, 0.3) is 0 Å². The molecule has 1 atom stereocenters. The fraction of sp³-hybridized carbons (Fsp3) is 0.600. The van der Waals surface area contributed by atoms with Crippen molar-refractivity contribution in [2.45, 2.75) is 50.8 Å². The first kappa shape index (κ1) is 13.4. The molecule has 0 unspecified atom stereocenters. The Morgan fingerprint density at radius 1 is 1.22 bits per heavy atom. The Hall–Kier alpha value is -1.06. The molecule has 3 nitrogen and oxygen atoms in total. The minimum Gasteiger partial charge on any atom is -0.496 e. The molecule has 0 aromatic heterocycles. The van der Waals surface area contributed by atoms with E-state index >= 15 is 0 Å². The summed E-state index contributed by atoms with van der Waals surface area (Å²) in [6, 6.07) is 8.92. The van der Waals surface area contributed by atoms with Crippen LogP contribution in [0.15, 0.2) is 24.3 Å². The zero-order valence-corrected chi connectivity index (χ0v) is 11.2. The monoisotopic (exact) mass is 249 g/mol. The second-order valence-corrected chi connectivity index (χ2v) is 5.14. The summed E-state index contributed by atoms with van der Waals surface area (Å²) in [5.41, 5.74) is 1.20. The van der Waals surface area contributed by atoms with E-state index in [0.29, 0.717) is 6.04 Å². The summed E-state index contributed by atoms with van der Waals surface area (Å²) in [4.78, 5) is 0. The minimum atomic E-state index is -0.0929. The molecule has 1 fully saturated rings. The van der Waals surface area contributed by atoms with E-state index in [-0.39, 0.29) is 12.1 Å². The Kier molecular flexibility index (Phi) is 4.61. The zero-order valence-electron chi connectivity index (χ0n) is 11.2. The summed E-state index contributed by atoms with van der Waals surface area (Å²) < 4.78 is 5.39. The molecule has 0 heterocycles. The number of nitrogens with one attached hydrogen (secondary N) is 1. The third-order valence-electron chi connectivity index (χ3n) is 3.79. The van der Waals surface area contributed by atoms with Gasteiger partial charge in [0.1, 0.15) is 5.75 Å². The molecule has 3 heteroatoms. The Balaban J connectivity index is 1.96. The first-order valence-corrected chi connectivity index (χ1v) is 6.77. The Labute approximate surface area is 109 Å². The number of methoxy groups -OCH3 is 1. The molecular weight excluding hydrogens is 226 g/mol. The smallest absolute Gasteiger partial charge is 0.123 e. The molecule has 0 spiro atoms. The first-order chi connectivity index (χ1) is 8.70. The third kappa shape index (κ3) is 3.24. The van der Waals surface area contributed by atoms with Crippen molar-refractivity contribution < 1.29 is 9.84 Å². The zero-order chi connectivity index (χ0) is 13.0. The van der Waals surface area contributed by atoms with Crippen molar-refractivity contribution in [3.63, 3.8) is 0 Å². The Morgan fingerprint density at radius 2 is 1.89 bits per heavy atom. The van der Waals surface area contributed by atoms with Gasteiger partial charge in [-0.05, 0) is 38.7 Å². The van der Waals surface area contributed by atoms with Gasteiger partial charge < -0.3 is 15.2 Å². The molecular formula is C15H23NO2. The van der Waals surface area contributed by atoms with E-state index in [4.69, 9.17) is 4.74 Å². The highest BCUT2D eigenvalue weighted by molar-refractivity contribution is 5.35. The molecule has 1 aromatic rings. The molecule has 0 amide bonds. The number of benzene rings is 1. The van der Waals surface area contributed by atoms with E-state index in [0.717, 1.165) is 31.4 Å². The number of para-hydroxylation sites is 1. The number of ether oxygens (including phenoxy) is 1. The molecule has 2 N–H and O–H groups in total. The summed E-state index contributed by atoms with van der Waals surface area (Å²) in [6.45, 7) is 2.17. The van der Waals surface area contributed by atoms with Gasteiger partial charge in [0.2, 0.25) is 0 Å². The predicted octanol–water partition coefficient (Wildman–Crippen LogP) is 2.65. The first-order valence-electron chi connectivity index (χ1n) is 6.77. The highest BCUT2D eigenvalue weighted by Gasteiger charge is 2.21. The fourth-order valence-corrected chi connectivity index (χ4v) is 2.71. The Morgan fingerprint density at radius 3 is 2.56 bits per heavy atom. The molecule has 1 aliphatic rings. The van der Waals surface area contributed by atoms with Crippen LogP contribution in [0, 0.1) is 0 Å². The lowest BCUT2D eigenvalue weighted by Crippen LogP contribution is -2.36. The quantitative estimate of drug-likeness (QED) is 0.862. The number of hydrogen-bond acceptors (Lipinski definition) is 3. The fourth-order valence-electron chi connectivity index (χ4n) is 2.71. The van der Waals surface area contributed by atoms with Crippen molar-refractivity contribution in [3.05, 3.63) is 29.8 Å². The number of rotatable bonds is 4. The van der Waals surface area contributed by atoms with Gasteiger partial charge in [-0.1, -0.05) is 18.2 Å². The van der Waals surface area contributed by atoms with E-state index in [1.54, 1.807) is 7.11 Å². The lowest BCUT2D eigenvalue weighted by molar-refractivity contribution is 0.114. The van der Waals surface area contributed by atoms with Crippen LogP contribution in [0.3, 0.4) is 0 Å². The highest BCUT2D eigenvalue weighted by atomic mass is 16.5. The van der Waals surface area contributed by atoms with Crippen LogP contribution in [0.2, 0.25) is 0 Å². The molecule has 1 aliphatic carbocycles. The summed E-state index contributed by atoms with van der Waals surface area (Å²) in [5.74, 6) is 0.938. The van der Waals surface area contributed by atoms with Crippen molar-refractivity contribution in [3.8, 4) is 5.75 Å². The molecule has 0 saturated heterocycles. The molecule has 0 bridgehead atoms. The van der Waals surface area contributed by atoms with Crippen molar-refractivity contribution in [1.29, 1.82) is 0 Å². The van der Waals surface area contributed by atoms with Gasteiger partial charge in [0, 0.05) is 17.6 Å². The van der Waals surface area contributed by atoms with Crippen LogP contribution < -0.4 is 10.1 Å². The SMILES string of the molecule is COc1ccccc1[C@H](C)NC1CCC(O)CC1. The van der Waals surface area contributed by atoms with Crippen LogP contribution in [0.25, 0.3) is 0 Å². The molecule has 1 aromatic carbocycles. The van der Waals surface area contributed by atoms with Crippen molar-refractivity contribution in [1.82, 2.24) is 5.32 Å². The van der Waals surface area contributed by atoms with Gasteiger partial charge in [-0.3, -0.25) is 0 Å². The van der Waals surface area contributed by atoms with Gasteiger partial charge in [-0.15, -0.1) is 0 Å². The number of aliphatic hydroxyl groups excluding tert-OH is 1. The van der Waals surface area contributed by atoms with Crippen LogP contribution in [0.5, 0.6) is 5.75 Å². The maximum absolute atomic E-state index is 9.51.